The van der Waals surface area contributed by atoms with Crippen molar-refractivity contribution in [1.29, 1.82) is 0 Å². The van der Waals surface area contributed by atoms with Crippen LogP contribution in [0.1, 0.15) is 10.4 Å². The Kier molecular flexibility index (Phi) is 5.00. The van der Waals surface area contributed by atoms with E-state index in [9.17, 15) is 4.79 Å². The van der Waals surface area contributed by atoms with Gasteiger partial charge in [-0.3, -0.25) is 4.79 Å². The molecule has 0 radical (unpaired) electrons. The summed E-state index contributed by atoms with van der Waals surface area (Å²) in [5.74, 6) is 0.541. The van der Waals surface area contributed by atoms with Gasteiger partial charge in [0.15, 0.2) is 0 Å². The van der Waals surface area contributed by atoms with Gasteiger partial charge in [0, 0.05) is 10.9 Å². The second kappa shape index (κ2) is 7.17. The zero-order chi connectivity index (χ0) is 16.2. The molecule has 0 aliphatic rings. The van der Waals surface area contributed by atoms with Crippen molar-refractivity contribution >= 4 is 46.3 Å². The number of halogens is 2. The van der Waals surface area contributed by atoms with Crippen molar-refractivity contribution < 1.29 is 4.79 Å². The van der Waals surface area contributed by atoms with Crippen LogP contribution in [0.25, 0.3) is 0 Å². The number of amides is 1. The van der Waals surface area contributed by atoms with Gasteiger partial charge < -0.3 is 5.32 Å². The van der Waals surface area contributed by atoms with Gasteiger partial charge >= 0.3 is 0 Å². The molecule has 7 heteroatoms. The molecule has 0 saturated carbocycles. The fourth-order valence-electron chi connectivity index (χ4n) is 2.14. The molecule has 1 N–H and O–H groups in total. The number of nitrogens with one attached hydrogen (secondary N) is 1. The van der Waals surface area contributed by atoms with Crippen LogP contribution >= 0.6 is 34.5 Å². The molecule has 3 aromatic rings. The maximum absolute atomic E-state index is 12.2. The minimum Gasteiger partial charge on any atom is -0.311 e. The summed E-state index contributed by atoms with van der Waals surface area (Å²) in [4.78, 5) is 13.4. The van der Waals surface area contributed by atoms with Crippen molar-refractivity contribution in [2.75, 3.05) is 5.32 Å². The second-order valence-corrected chi connectivity index (χ2v) is 6.77. The first-order valence-electron chi connectivity index (χ1n) is 6.90. The minimum absolute atomic E-state index is 0.128. The fourth-order valence-corrected chi connectivity index (χ4v) is 3.14. The van der Waals surface area contributed by atoms with E-state index in [4.69, 9.17) is 23.2 Å². The van der Waals surface area contributed by atoms with Crippen molar-refractivity contribution in [1.82, 2.24) is 9.78 Å². The standard InChI is InChI=1S/C16H13Cl2N3OS/c17-13-4-3-11(8-14(13)18)9-16(22)20-15-5-6-19-21(15)10-12-2-1-7-23-12/h1-8H,9-10H2,(H,20,22). The van der Waals surface area contributed by atoms with Crippen molar-refractivity contribution in [3.05, 3.63) is 68.5 Å². The zero-order valence-corrected chi connectivity index (χ0v) is 14.3. The Labute approximate surface area is 147 Å². The van der Waals surface area contributed by atoms with Crippen molar-refractivity contribution in [2.45, 2.75) is 13.0 Å². The van der Waals surface area contributed by atoms with E-state index in [1.54, 1.807) is 46.5 Å². The third-order valence-corrected chi connectivity index (χ3v) is 4.82. The molecular weight excluding hydrogens is 353 g/mol. The van der Waals surface area contributed by atoms with Gasteiger partial charge in [-0.2, -0.15) is 5.10 Å². The fraction of sp³-hybridized carbons (Fsp3) is 0.125. The van der Waals surface area contributed by atoms with Gasteiger partial charge in [-0.1, -0.05) is 35.3 Å². The molecule has 0 saturated heterocycles. The van der Waals surface area contributed by atoms with Gasteiger partial charge in [0.25, 0.3) is 0 Å². The largest absolute Gasteiger partial charge is 0.311 e. The van der Waals surface area contributed by atoms with E-state index in [0.717, 1.165) is 5.56 Å². The zero-order valence-electron chi connectivity index (χ0n) is 12.0. The number of hydrogen-bond acceptors (Lipinski definition) is 3. The lowest BCUT2D eigenvalue weighted by Gasteiger charge is -2.08. The Hall–Kier alpha value is -1.82. The number of hydrogen-bond donors (Lipinski definition) is 1. The number of anilines is 1. The number of benzene rings is 1. The van der Waals surface area contributed by atoms with Crippen LogP contribution in [-0.2, 0) is 17.8 Å². The summed E-state index contributed by atoms with van der Waals surface area (Å²) < 4.78 is 1.76. The Morgan fingerprint density at radius 2 is 2.09 bits per heavy atom. The topological polar surface area (TPSA) is 46.9 Å². The van der Waals surface area contributed by atoms with E-state index in [1.807, 2.05) is 17.5 Å². The predicted molar refractivity (Wildman–Crippen MR) is 94.4 cm³/mol. The van der Waals surface area contributed by atoms with E-state index in [2.05, 4.69) is 10.4 Å². The molecule has 1 amide bonds. The summed E-state index contributed by atoms with van der Waals surface area (Å²) in [5, 5.41) is 10.1. The number of rotatable bonds is 5. The lowest BCUT2D eigenvalue weighted by atomic mass is 10.1. The van der Waals surface area contributed by atoms with Crippen LogP contribution in [0.2, 0.25) is 10.0 Å². The van der Waals surface area contributed by atoms with Crippen molar-refractivity contribution in [3.8, 4) is 0 Å². The first kappa shape index (κ1) is 16.1. The Morgan fingerprint density at radius 1 is 1.22 bits per heavy atom. The monoisotopic (exact) mass is 365 g/mol. The van der Waals surface area contributed by atoms with E-state index in [0.29, 0.717) is 22.4 Å². The molecule has 3 rings (SSSR count). The highest BCUT2D eigenvalue weighted by Crippen LogP contribution is 2.23. The molecule has 2 aromatic heterocycles. The molecule has 0 atom stereocenters. The van der Waals surface area contributed by atoms with Crippen LogP contribution in [-0.4, -0.2) is 15.7 Å². The van der Waals surface area contributed by atoms with E-state index in [-0.39, 0.29) is 12.3 Å². The molecule has 23 heavy (non-hydrogen) atoms. The molecule has 4 nitrogen and oxygen atoms in total. The number of thiophene rings is 1. The molecule has 118 valence electrons. The first-order chi connectivity index (χ1) is 11.1. The van der Waals surface area contributed by atoms with Gasteiger partial charge in [-0.15, -0.1) is 11.3 Å². The summed E-state index contributed by atoms with van der Waals surface area (Å²) in [6.45, 7) is 0.632. The highest BCUT2D eigenvalue weighted by molar-refractivity contribution is 7.09. The van der Waals surface area contributed by atoms with Crippen LogP contribution in [0.15, 0.2) is 48.0 Å². The molecule has 0 aliphatic carbocycles. The van der Waals surface area contributed by atoms with Crippen LogP contribution in [0.3, 0.4) is 0 Å². The molecule has 2 heterocycles. The number of carbonyl (C=O) groups is 1. The smallest absolute Gasteiger partial charge is 0.229 e. The second-order valence-electron chi connectivity index (χ2n) is 4.93. The van der Waals surface area contributed by atoms with Crippen LogP contribution < -0.4 is 5.32 Å². The summed E-state index contributed by atoms with van der Waals surface area (Å²) in [5.41, 5.74) is 0.807. The minimum atomic E-state index is -0.128. The molecule has 0 fully saturated rings. The maximum Gasteiger partial charge on any atom is 0.229 e. The number of aromatic nitrogens is 2. The molecule has 0 unspecified atom stereocenters. The lowest BCUT2D eigenvalue weighted by molar-refractivity contribution is -0.115. The normalized spacial score (nSPS) is 10.7. The SMILES string of the molecule is O=C(Cc1ccc(Cl)c(Cl)c1)Nc1ccnn1Cc1cccs1. The third-order valence-electron chi connectivity index (χ3n) is 3.22. The Bertz CT molecular complexity index is 815. The van der Waals surface area contributed by atoms with E-state index >= 15 is 0 Å². The highest BCUT2D eigenvalue weighted by Gasteiger charge is 2.10. The van der Waals surface area contributed by atoms with E-state index < -0.39 is 0 Å². The van der Waals surface area contributed by atoms with Gasteiger partial charge in [0.2, 0.25) is 5.91 Å². The van der Waals surface area contributed by atoms with Crippen LogP contribution in [0.5, 0.6) is 0 Å². The molecule has 0 aliphatic heterocycles. The predicted octanol–water partition coefficient (Wildman–Crippen LogP) is 4.48. The quantitative estimate of drug-likeness (QED) is 0.724. The van der Waals surface area contributed by atoms with Crippen molar-refractivity contribution in [3.63, 3.8) is 0 Å². The first-order valence-corrected chi connectivity index (χ1v) is 8.53. The van der Waals surface area contributed by atoms with Gasteiger partial charge in [0.05, 0.1) is 29.2 Å². The maximum atomic E-state index is 12.2. The molecule has 0 spiro atoms. The number of carbonyl (C=O) groups excluding carboxylic acids is 1. The van der Waals surface area contributed by atoms with Gasteiger partial charge in [-0.05, 0) is 29.1 Å². The molecular formula is C16H13Cl2N3OS. The summed E-state index contributed by atoms with van der Waals surface area (Å²) >= 11 is 13.5. The average Bonchev–Trinajstić information content (AvgIpc) is 3.16. The van der Waals surface area contributed by atoms with Gasteiger partial charge in [-0.25, -0.2) is 4.68 Å². The third kappa shape index (κ3) is 4.13. The Morgan fingerprint density at radius 3 is 2.83 bits per heavy atom. The lowest BCUT2D eigenvalue weighted by Crippen LogP contribution is -2.17. The van der Waals surface area contributed by atoms with Crippen molar-refractivity contribution in [2.24, 2.45) is 0 Å². The van der Waals surface area contributed by atoms with Gasteiger partial charge in [0.1, 0.15) is 5.82 Å². The summed E-state index contributed by atoms with van der Waals surface area (Å²) in [6, 6.07) is 11.0. The molecule has 0 bridgehead atoms. The average molecular weight is 366 g/mol. The van der Waals surface area contributed by atoms with E-state index in [1.165, 1.54) is 4.88 Å². The number of nitrogens with zero attached hydrogens (tertiary/aromatic N) is 2. The highest BCUT2D eigenvalue weighted by atomic mass is 35.5. The van der Waals surface area contributed by atoms with Crippen LogP contribution in [0.4, 0.5) is 5.82 Å². The molecule has 1 aromatic carbocycles. The summed E-state index contributed by atoms with van der Waals surface area (Å²) in [6.07, 6.45) is 1.89. The Balaban J connectivity index is 1.66. The van der Waals surface area contributed by atoms with Crippen LogP contribution in [0, 0.1) is 0 Å². The summed E-state index contributed by atoms with van der Waals surface area (Å²) in [7, 11) is 0.